The fraction of sp³-hybridized carbons (Fsp3) is 0.333. The predicted molar refractivity (Wildman–Crippen MR) is 80.2 cm³/mol. The first-order chi connectivity index (χ1) is 9.95. The Morgan fingerprint density at radius 1 is 1.19 bits per heavy atom. The van der Waals surface area contributed by atoms with Gasteiger partial charge in [-0.3, -0.25) is 4.79 Å². The van der Waals surface area contributed by atoms with Crippen LogP contribution in [0.4, 0.5) is 0 Å². The first-order valence-corrected chi connectivity index (χ1v) is 6.83. The van der Waals surface area contributed by atoms with Gasteiger partial charge in [0.1, 0.15) is 5.82 Å². The smallest absolute Gasteiger partial charge is 0.281 e. The third kappa shape index (κ3) is 2.56. The summed E-state index contributed by atoms with van der Waals surface area (Å²) in [5.74, 6) is 0.636. The van der Waals surface area contributed by atoms with Crippen LogP contribution >= 0.6 is 0 Å². The van der Waals surface area contributed by atoms with Gasteiger partial charge in [0.2, 0.25) is 0 Å². The number of nitrogens with one attached hydrogen (secondary N) is 1. The Hall–Kier alpha value is -2.50. The molecule has 0 fully saturated rings. The van der Waals surface area contributed by atoms with Crippen molar-refractivity contribution in [1.29, 1.82) is 0 Å². The number of fused-ring (bicyclic) bond motifs is 1. The molecule has 0 aliphatic carbocycles. The van der Waals surface area contributed by atoms with Crippen molar-refractivity contribution in [2.75, 3.05) is 0 Å². The minimum atomic E-state index is -0.246. The van der Waals surface area contributed by atoms with Crippen LogP contribution < -0.4 is 5.56 Å². The summed E-state index contributed by atoms with van der Waals surface area (Å²) in [4.78, 5) is 19.4. The highest BCUT2D eigenvalue weighted by molar-refractivity contribution is 5.68. The van der Waals surface area contributed by atoms with E-state index in [0.717, 1.165) is 5.56 Å². The van der Waals surface area contributed by atoms with Gasteiger partial charge in [0, 0.05) is 5.41 Å². The van der Waals surface area contributed by atoms with Crippen LogP contribution in [0.3, 0.4) is 0 Å². The molecule has 0 unspecified atom stereocenters. The summed E-state index contributed by atoms with van der Waals surface area (Å²) >= 11 is 0. The zero-order chi connectivity index (χ0) is 15.0. The lowest BCUT2D eigenvalue weighted by Crippen LogP contribution is -2.22. The second-order valence-corrected chi connectivity index (χ2v) is 6.07. The Balaban J connectivity index is 2.12. The van der Waals surface area contributed by atoms with Crippen molar-refractivity contribution >= 4 is 11.2 Å². The van der Waals surface area contributed by atoms with Crippen LogP contribution in [0.5, 0.6) is 0 Å². The highest BCUT2D eigenvalue weighted by Crippen LogP contribution is 2.18. The van der Waals surface area contributed by atoms with Gasteiger partial charge < -0.3 is 4.98 Å². The van der Waals surface area contributed by atoms with Crippen molar-refractivity contribution in [3.63, 3.8) is 0 Å². The number of aromatic nitrogens is 5. The highest BCUT2D eigenvalue weighted by atomic mass is 16.1. The molecule has 2 heterocycles. The number of H-pyrrole nitrogens is 1. The molecule has 6 heteroatoms. The van der Waals surface area contributed by atoms with Gasteiger partial charge >= 0.3 is 0 Å². The van der Waals surface area contributed by atoms with E-state index in [2.05, 4.69) is 20.3 Å². The Morgan fingerprint density at radius 3 is 2.57 bits per heavy atom. The molecule has 0 aliphatic heterocycles. The van der Waals surface area contributed by atoms with Gasteiger partial charge in [-0.05, 0) is 5.56 Å². The minimum Gasteiger partial charge on any atom is -0.308 e. The van der Waals surface area contributed by atoms with Crippen LogP contribution in [0.1, 0.15) is 32.2 Å². The summed E-state index contributed by atoms with van der Waals surface area (Å²) < 4.78 is 1.66. The van der Waals surface area contributed by atoms with E-state index < -0.39 is 0 Å². The molecular weight excluding hydrogens is 266 g/mol. The normalized spacial score (nSPS) is 12.0. The van der Waals surface area contributed by atoms with Crippen molar-refractivity contribution in [2.24, 2.45) is 0 Å². The summed E-state index contributed by atoms with van der Waals surface area (Å²) in [5, 5.41) is 8.00. The van der Waals surface area contributed by atoms with Gasteiger partial charge in [-0.15, -0.1) is 5.10 Å². The zero-order valence-corrected chi connectivity index (χ0v) is 12.3. The number of hydrogen-bond donors (Lipinski definition) is 1. The zero-order valence-electron chi connectivity index (χ0n) is 12.3. The largest absolute Gasteiger partial charge is 0.308 e. The third-order valence-electron chi connectivity index (χ3n) is 3.26. The second-order valence-electron chi connectivity index (χ2n) is 6.07. The van der Waals surface area contributed by atoms with Gasteiger partial charge in [-0.2, -0.15) is 0 Å². The van der Waals surface area contributed by atoms with Crippen molar-refractivity contribution < 1.29 is 0 Å². The number of aromatic amines is 1. The van der Waals surface area contributed by atoms with Crippen LogP contribution in [0.25, 0.3) is 11.2 Å². The molecule has 3 aromatic rings. The van der Waals surface area contributed by atoms with Crippen molar-refractivity contribution in [2.45, 2.75) is 32.7 Å². The maximum absolute atomic E-state index is 12.1. The first-order valence-electron chi connectivity index (χ1n) is 6.83. The quantitative estimate of drug-likeness (QED) is 0.779. The lowest BCUT2D eigenvalue weighted by atomic mass is 9.96. The lowest BCUT2D eigenvalue weighted by Gasteiger charge is -2.16. The van der Waals surface area contributed by atoms with Crippen LogP contribution in [-0.2, 0) is 12.0 Å². The monoisotopic (exact) mass is 283 g/mol. The molecule has 108 valence electrons. The average molecular weight is 283 g/mol. The molecule has 1 aromatic carbocycles. The van der Waals surface area contributed by atoms with Crippen LogP contribution in [0.15, 0.2) is 35.1 Å². The van der Waals surface area contributed by atoms with Crippen LogP contribution in [0.2, 0.25) is 0 Å². The standard InChI is InChI=1S/C15H17N5O/c1-15(2,3)14-16-12-11(13(21)17-14)18-19-20(12)9-10-7-5-4-6-8-10/h4-8H,9H2,1-3H3,(H,16,17,21). The highest BCUT2D eigenvalue weighted by Gasteiger charge is 2.20. The molecule has 0 bridgehead atoms. The number of nitrogens with zero attached hydrogens (tertiary/aromatic N) is 4. The predicted octanol–water partition coefficient (Wildman–Crippen LogP) is 1.86. The summed E-state index contributed by atoms with van der Waals surface area (Å²) in [6, 6.07) is 9.91. The number of hydrogen-bond acceptors (Lipinski definition) is 4. The molecule has 0 saturated carbocycles. The molecule has 2 aromatic heterocycles. The van der Waals surface area contributed by atoms with E-state index in [9.17, 15) is 4.79 Å². The van der Waals surface area contributed by atoms with Crippen molar-refractivity contribution in [1.82, 2.24) is 25.0 Å². The Morgan fingerprint density at radius 2 is 1.90 bits per heavy atom. The van der Waals surface area contributed by atoms with E-state index in [1.165, 1.54) is 0 Å². The molecule has 21 heavy (non-hydrogen) atoms. The molecular formula is C15H17N5O. The average Bonchev–Trinajstić information content (AvgIpc) is 2.83. The number of rotatable bonds is 2. The molecule has 3 rings (SSSR count). The fourth-order valence-electron chi connectivity index (χ4n) is 2.08. The van der Waals surface area contributed by atoms with E-state index in [0.29, 0.717) is 18.0 Å². The van der Waals surface area contributed by atoms with Gasteiger partial charge in [-0.1, -0.05) is 56.3 Å². The van der Waals surface area contributed by atoms with Crippen molar-refractivity contribution in [3.8, 4) is 0 Å². The molecule has 0 spiro atoms. The molecule has 0 atom stereocenters. The van der Waals surface area contributed by atoms with Gasteiger partial charge in [0.05, 0.1) is 6.54 Å². The maximum Gasteiger partial charge on any atom is 0.281 e. The van der Waals surface area contributed by atoms with Gasteiger partial charge in [0.15, 0.2) is 11.2 Å². The van der Waals surface area contributed by atoms with E-state index >= 15 is 0 Å². The van der Waals surface area contributed by atoms with E-state index in [-0.39, 0.29) is 16.5 Å². The molecule has 1 N–H and O–H groups in total. The summed E-state index contributed by atoms with van der Waals surface area (Å²) in [6.07, 6.45) is 0. The van der Waals surface area contributed by atoms with Crippen LogP contribution in [0, 0.1) is 0 Å². The van der Waals surface area contributed by atoms with Gasteiger partial charge in [-0.25, -0.2) is 9.67 Å². The molecule has 0 amide bonds. The summed E-state index contributed by atoms with van der Waals surface area (Å²) in [5.41, 5.74) is 1.40. The second kappa shape index (κ2) is 4.80. The summed E-state index contributed by atoms with van der Waals surface area (Å²) in [6.45, 7) is 6.55. The first kappa shape index (κ1) is 13.5. The molecule has 0 aliphatic rings. The fourth-order valence-corrected chi connectivity index (χ4v) is 2.08. The lowest BCUT2D eigenvalue weighted by molar-refractivity contribution is 0.543. The van der Waals surface area contributed by atoms with Crippen molar-refractivity contribution in [3.05, 3.63) is 52.1 Å². The molecule has 0 radical (unpaired) electrons. The minimum absolute atomic E-state index is 0.241. The van der Waals surface area contributed by atoms with Crippen LogP contribution in [-0.4, -0.2) is 25.0 Å². The van der Waals surface area contributed by atoms with E-state index in [4.69, 9.17) is 0 Å². The maximum atomic E-state index is 12.1. The van der Waals surface area contributed by atoms with Gasteiger partial charge in [0.25, 0.3) is 5.56 Å². The number of benzene rings is 1. The SMILES string of the molecule is CC(C)(C)c1nc2c(nnn2Cc2ccccc2)c(=O)[nH]1. The third-order valence-corrected chi connectivity index (χ3v) is 3.26. The van der Waals surface area contributed by atoms with E-state index in [1.807, 2.05) is 51.1 Å². The Bertz CT molecular complexity index is 827. The van der Waals surface area contributed by atoms with E-state index in [1.54, 1.807) is 4.68 Å². The Kier molecular flexibility index (Phi) is 3.08. The summed E-state index contributed by atoms with van der Waals surface area (Å²) in [7, 11) is 0. The Labute approximate surface area is 121 Å². The molecule has 6 nitrogen and oxygen atoms in total. The molecule has 0 saturated heterocycles. The topological polar surface area (TPSA) is 76.5 Å².